The van der Waals surface area contributed by atoms with Gasteiger partial charge in [-0.1, -0.05) is 16.8 Å². The van der Waals surface area contributed by atoms with E-state index in [4.69, 9.17) is 35.6 Å². The van der Waals surface area contributed by atoms with Crippen molar-refractivity contribution >= 4 is 17.4 Å². The Kier molecular flexibility index (Phi) is 8.22. The Hall–Kier alpha value is -2.72. The quantitative estimate of drug-likeness (QED) is 0.380. The smallest absolute Gasteiger partial charge is 0.163 e. The molecule has 0 radical (unpaired) electrons. The number of halogens is 1. The van der Waals surface area contributed by atoms with Crippen LogP contribution in [0.15, 0.2) is 22.7 Å². The van der Waals surface area contributed by atoms with Gasteiger partial charge in [-0.3, -0.25) is 0 Å². The maximum Gasteiger partial charge on any atom is 0.163 e. The molecule has 0 spiro atoms. The van der Waals surface area contributed by atoms with E-state index in [2.05, 4.69) is 15.8 Å². The minimum absolute atomic E-state index is 0.148. The summed E-state index contributed by atoms with van der Waals surface area (Å²) in [5, 5.41) is 21.0. The minimum Gasteiger partial charge on any atom is -0.491 e. The molecule has 1 fully saturated rings. The summed E-state index contributed by atoms with van der Waals surface area (Å²) in [5.41, 5.74) is 3.83. The van der Waals surface area contributed by atoms with Crippen LogP contribution in [0.4, 0.5) is 5.82 Å². The fourth-order valence-electron chi connectivity index (χ4n) is 4.14. The number of anilines is 1. The van der Waals surface area contributed by atoms with E-state index in [0.717, 1.165) is 42.0 Å². The van der Waals surface area contributed by atoms with E-state index in [1.54, 1.807) is 25.2 Å². The third-order valence-electron chi connectivity index (χ3n) is 6.00. The van der Waals surface area contributed by atoms with E-state index in [1.165, 1.54) is 0 Å². The number of ether oxygens (including phenoxy) is 2. The Bertz CT molecular complexity index is 1140. The van der Waals surface area contributed by atoms with Gasteiger partial charge < -0.3 is 29.7 Å². The Labute approximate surface area is 210 Å². The Morgan fingerprint density at radius 1 is 1.26 bits per heavy atom. The molecule has 188 valence electrons. The van der Waals surface area contributed by atoms with Gasteiger partial charge in [-0.05, 0) is 58.9 Å². The van der Waals surface area contributed by atoms with E-state index >= 15 is 0 Å². The van der Waals surface area contributed by atoms with Gasteiger partial charge in [0, 0.05) is 30.8 Å². The Morgan fingerprint density at radius 3 is 2.77 bits per heavy atom. The van der Waals surface area contributed by atoms with Gasteiger partial charge in [-0.2, -0.15) is 0 Å². The van der Waals surface area contributed by atoms with Crippen LogP contribution in [-0.2, 0) is 4.74 Å². The minimum atomic E-state index is -0.630. The highest BCUT2D eigenvalue weighted by Gasteiger charge is 2.22. The number of aryl methyl sites for hydroxylation is 2. The molecule has 3 N–H and O–H groups in total. The summed E-state index contributed by atoms with van der Waals surface area (Å²) in [6.07, 6.45) is 1.61. The molecule has 1 aromatic carbocycles. The van der Waals surface area contributed by atoms with Crippen LogP contribution in [0.3, 0.4) is 0 Å². The molecule has 4 rings (SSSR count). The van der Waals surface area contributed by atoms with Crippen LogP contribution < -0.4 is 15.4 Å². The molecule has 10 heteroatoms. The van der Waals surface area contributed by atoms with Crippen LogP contribution in [0, 0.1) is 20.8 Å². The number of hydrogen-bond acceptors (Lipinski definition) is 9. The second-order valence-electron chi connectivity index (χ2n) is 8.75. The van der Waals surface area contributed by atoms with Gasteiger partial charge in [-0.15, -0.1) is 0 Å². The molecule has 9 nitrogen and oxygen atoms in total. The van der Waals surface area contributed by atoms with E-state index in [-0.39, 0.29) is 12.7 Å². The monoisotopic (exact) mass is 501 g/mol. The molecule has 2 aromatic heterocycles. The van der Waals surface area contributed by atoms with Crippen molar-refractivity contribution in [2.75, 3.05) is 38.7 Å². The Morgan fingerprint density at radius 2 is 2.09 bits per heavy atom. The van der Waals surface area contributed by atoms with Gasteiger partial charge in [0.2, 0.25) is 0 Å². The number of aromatic nitrogens is 3. The predicted molar refractivity (Wildman–Crippen MR) is 135 cm³/mol. The molecule has 0 saturated carbocycles. The lowest BCUT2D eigenvalue weighted by molar-refractivity contribution is 0.108. The highest BCUT2D eigenvalue weighted by Crippen LogP contribution is 2.36. The van der Waals surface area contributed by atoms with Crippen LogP contribution in [0.1, 0.15) is 29.9 Å². The largest absolute Gasteiger partial charge is 0.491 e. The molecule has 0 amide bonds. The lowest BCUT2D eigenvalue weighted by Gasteiger charge is -2.17. The number of nitrogens with zero attached hydrogens (tertiary/aromatic N) is 3. The number of hydrogen-bond donors (Lipinski definition) is 3. The Balaban J connectivity index is 1.72. The van der Waals surface area contributed by atoms with Crippen molar-refractivity contribution in [3.8, 4) is 28.4 Å². The van der Waals surface area contributed by atoms with Crippen molar-refractivity contribution in [1.29, 1.82) is 0 Å². The van der Waals surface area contributed by atoms with Crippen molar-refractivity contribution < 1.29 is 19.1 Å². The van der Waals surface area contributed by atoms with Crippen molar-refractivity contribution in [3.63, 3.8) is 0 Å². The first-order valence-corrected chi connectivity index (χ1v) is 12.2. The summed E-state index contributed by atoms with van der Waals surface area (Å²) in [6, 6.07) is 5.30. The van der Waals surface area contributed by atoms with E-state index in [1.807, 2.05) is 20.8 Å². The molecule has 0 aliphatic carbocycles. The molecule has 1 aliphatic rings. The maximum atomic E-state index is 9.99. The summed E-state index contributed by atoms with van der Waals surface area (Å²) >= 11 is 6.59. The molecular weight excluding hydrogens is 470 g/mol. The van der Waals surface area contributed by atoms with Gasteiger partial charge in [-0.25, -0.2) is 9.97 Å². The molecule has 1 aliphatic heterocycles. The SMILES string of the molecule is CNCC(O)COc1ccc(Cl)c(-c2nc(NC[C@@H]3CCCO3)c(C)c(-c3c(C)noc3C)n2)c1. The first kappa shape index (κ1) is 25.4. The van der Waals surface area contributed by atoms with Gasteiger partial charge in [0.15, 0.2) is 5.82 Å². The second kappa shape index (κ2) is 11.3. The van der Waals surface area contributed by atoms with Crippen LogP contribution in [0.25, 0.3) is 22.6 Å². The number of nitrogens with one attached hydrogen (secondary N) is 2. The van der Waals surface area contributed by atoms with Crippen molar-refractivity contribution in [3.05, 3.63) is 40.2 Å². The van der Waals surface area contributed by atoms with Crippen molar-refractivity contribution in [2.24, 2.45) is 0 Å². The highest BCUT2D eigenvalue weighted by molar-refractivity contribution is 6.33. The van der Waals surface area contributed by atoms with Crippen LogP contribution in [0.5, 0.6) is 5.75 Å². The summed E-state index contributed by atoms with van der Waals surface area (Å²) in [5.74, 6) is 2.40. The molecule has 2 atom stereocenters. The van der Waals surface area contributed by atoms with E-state index in [9.17, 15) is 5.11 Å². The van der Waals surface area contributed by atoms with Crippen molar-refractivity contribution in [2.45, 2.75) is 45.8 Å². The zero-order chi connectivity index (χ0) is 24.9. The molecule has 0 bridgehead atoms. The van der Waals surface area contributed by atoms with E-state index in [0.29, 0.717) is 46.8 Å². The van der Waals surface area contributed by atoms with E-state index < -0.39 is 6.10 Å². The van der Waals surface area contributed by atoms with Gasteiger partial charge in [0.25, 0.3) is 0 Å². The third kappa shape index (κ3) is 5.92. The average Bonchev–Trinajstić information content (AvgIpc) is 3.48. The molecule has 35 heavy (non-hydrogen) atoms. The molecule has 1 unspecified atom stereocenters. The van der Waals surface area contributed by atoms with Crippen LogP contribution in [-0.4, -0.2) is 65.8 Å². The summed E-state index contributed by atoms with van der Waals surface area (Å²) in [4.78, 5) is 9.72. The lowest BCUT2D eigenvalue weighted by atomic mass is 10.0. The number of likely N-dealkylation sites (N-methyl/N-ethyl adjacent to an activating group) is 1. The molecular formula is C25H32ClN5O4. The number of benzene rings is 1. The van der Waals surface area contributed by atoms with Gasteiger partial charge >= 0.3 is 0 Å². The topological polar surface area (TPSA) is 115 Å². The van der Waals surface area contributed by atoms with Crippen LogP contribution >= 0.6 is 11.6 Å². The highest BCUT2D eigenvalue weighted by atomic mass is 35.5. The molecule has 1 saturated heterocycles. The molecule has 3 heterocycles. The summed E-state index contributed by atoms with van der Waals surface area (Å²) in [6.45, 7) is 7.76. The maximum absolute atomic E-state index is 9.99. The lowest BCUT2D eigenvalue weighted by Crippen LogP contribution is -2.29. The van der Waals surface area contributed by atoms with Crippen molar-refractivity contribution in [1.82, 2.24) is 20.4 Å². The fourth-order valence-corrected chi connectivity index (χ4v) is 4.34. The zero-order valence-corrected chi connectivity index (χ0v) is 21.3. The predicted octanol–water partition coefficient (Wildman–Crippen LogP) is 3.93. The van der Waals surface area contributed by atoms with Gasteiger partial charge in [0.1, 0.15) is 30.0 Å². The first-order valence-electron chi connectivity index (χ1n) is 11.8. The number of aliphatic hydroxyl groups excluding tert-OH is 1. The third-order valence-corrected chi connectivity index (χ3v) is 6.33. The standard InChI is InChI=1S/C25H32ClN5O4/c1-14-23(22-15(2)31-35-16(22)3)29-25(30-24(14)28-12-19-6-5-9-33-19)20-10-18(7-8-21(20)26)34-13-17(32)11-27-4/h7-8,10,17,19,27,32H,5-6,9,11-13H2,1-4H3,(H,28,29,30)/t17?,19-/m0/s1. The fraction of sp³-hybridized carbons (Fsp3) is 0.480. The molecule has 3 aromatic rings. The number of rotatable bonds is 10. The normalized spacial score (nSPS) is 16.5. The van der Waals surface area contributed by atoms with Crippen LogP contribution in [0.2, 0.25) is 5.02 Å². The second-order valence-corrected chi connectivity index (χ2v) is 9.16. The first-order chi connectivity index (χ1) is 16.9. The van der Waals surface area contributed by atoms with Gasteiger partial charge in [0.05, 0.1) is 28.1 Å². The summed E-state index contributed by atoms with van der Waals surface area (Å²) < 4.78 is 17.0. The number of aliphatic hydroxyl groups is 1. The zero-order valence-electron chi connectivity index (χ0n) is 20.5. The average molecular weight is 502 g/mol. The summed E-state index contributed by atoms with van der Waals surface area (Å²) in [7, 11) is 1.78.